The van der Waals surface area contributed by atoms with E-state index in [4.69, 9.17) is 13.9 Å². The van der Waals surface area contributed by atoms with Crippen LogP contribution in [0.5, 0.6) is 5.75 Å². The molecule has 304 valence electrons. The van der Waals surface area contributed by atoms with E-state index in [1.807, 2.05) is 58.9 Å². The largest absolute Gasteiger partial charge is 0.494 e. The highest BCUT2D eigenvalue weighted by molar-refractivity contribution is 5.95. The van der Waals surface area contributed by atoms with Crippen LogP contribution in [0.2, 0.25) is 0 Å². The minimum Gasteiger partial charge on any atom is -0.494 e. The molecular formula is C44H61N5O7. The van der Waals surface area contributed by atoms with Crippen molar-refractivity contribution in [3.05, 3.63) is 71.7 Å². The third-order valence-corrected chi connectivity index (χ3v) is 11.1. The first-order valence-electron chi connectivity index (χ1n) is 19.9. The molecule has 3 atom stereocenters. The SMILES string of the molecule is Cc1ncoc1-c1ccc([C@H](C)NC(=O)[C@@H]2CCCN2C(=O)[C@@H](NC(=O)COCCCCOc2ccc(C(=O)NC3C(C)(C)CC3(C)C)cc2)C(C)(C)C)cc1. The second-order valence-corrected chi connectivity index (χ2v) is 17.9. The van der Waals surface area contributed by atoms with Crippen molar-refractivity contribution in [3.8, 4) is 17.1 Å². The number of hydrogen-bond donors (Lipinski definition) is 3. The predicted molar refractivity (Wildman–Crippen MR) is 215 cm³/mol. The zero-order valence-corrected chi connectivity index (χ0v) is 34.6. The average Bonchev–Trinajstić information content (AvgIpc) is 3.81. The van der Waals surface area contributed by atoms with E-state index in [1.165, 1.54) is 6.39 Å². The molecule has 12 heteroatoms. The van der Waals surface area contributed by atoms with Gasteiger partial charge < -0.3 is 34.7 Å². The number of unbranched alkanes of at least 4 members (excludes halogenated alkanes) is 1. The summed E-state index contributed by atoms with van der Waals surface area (Å²) in [7, 11) is 0. The second kappa shape index (κ2) is 17.6. The summed E-state index contributed by atoms with van der Waals surface area (Å²) in [5.74, 6) is 0.429. The average molecular weight is 772 g/mol. The van der Waals surface area contributed by atoms with Gasteiger partial charge in [0.05, 0.1) is 18.3 Å². The Balaban J connectivity index is 1.02. The molecule has 1 aromatic heterocycles. The Morgan fingerprint density at radius 3 is 2.21 bits per heavy atom. The Labute approximate surface area is 331 Å². The first kappa shape index (κ1) is 42.4. The maximum Gasteiger partial charge on any atom is 0.251 e. The molecule has 0 bridgehead atoms. The fourth-order valence-electron chi connectivity index (χ4n) is 8.49. The van der Waals surface area contributed by atoms with Crippen molar-refractivity contribution in [3.63, 3.8) is 0 Å². The molecule has 2 fully saturated rings. The molecule has 1 aliphatic heterocycles. The van der Waals surface area contributed by atoms with Gasteiger partial charge in [0.15, 0.2) is 12.2 Å². The third kappa shape index (κ3) is 10.4. The molecule has 1 saturated heterocycles. The number of aryl methyl sites for hydroxylation is 1. The third-order valence-electron chi connectivity index (χ3n) is 11.1. The van der Waals surface area contributed by atoms with E-state index >= 15 is 0 Å². The van der Waals surface area contributed by atoms with Gasteiger partial charge in [-0.3, -0.25) is 19.2 Å². The van der Waals surface area contributed by atoms with Gasteiger partial charge >= 0.3 is 0 Å². The predicted octanol–water partition coefficient (Wildman–Crippen LogP) is 6.78. The number of nitrogens with zero attached hydrogens (tertiary/aromatic N) is 2. The second-order valence-electron chi connectivity index (χ2n) is 17.9. The van der Waals surface area contributed by atoms with Gasteiger partial charge in [-0.1, -0.05) is 72.7 Å². The number of likely N-dealkylation sites (tertiary alicyclic amines) is 1. The summed E-state index contributed by atoms with van der Waals surface area (Å²) in [6.45, 7) is 19.3. The smallest absolute Gasteiger partial charge is 0.251 e. The molecule has 56 heavy (non-hydrogen) atoms. The molecule has 0 radical (unpaired) electrons. The molecule has 0 unspecified atom stereocenters. The van der Waals surface area contributed by atoms with E-state index in [-0.39, 0.29) is 53.1 Å². The van der Waals surface area contributed by atoms with E-state index < -0.39 is 17.5 Å². The van der Waals surface area contributed by atoms with Crippen LogP contribution in [0.4, 0.5) is 0 Å². The molecule has 4 amide bonds. The number of oxazole rings is 1. The summed E-state index contributed by atoms with van der Waals surface area (Å²) in [4.78, 5) is 59.1. The van der Waals surface area contributed by atoms with Gasteiger partial charge in [-0.2, -0.15) is 0 Å². The molecule has 1 saturated carbocycles. The van der Waals surface area contributed by atoms with Crippen LogP contribution in [0, 0.1) is 23.2 Å². The zero-order chi connectivity index (χ0) is 40.8. The lowest BCUT2D eigenvalue weighted by molar-refractivity contribution is -0.144. The fraction of sp³-hybridized carbons (Fsp3) is 0.568. The molecule has 2 aromatic carbocycles. The zero-order valence-electron chi connectivity index (χ0n) is 34.6. The van der Waals surface area contributed by atoms with Gasteiger partial charge in [0.2, 0.25) is 17.7 Å². The van der Waals surface area contributed by atoms with Crippen molar-refractivity contribution < 1.29 is 33.1 Å². The van der Waals surface area contributed by atoms with E-state index in [9.17, 15) is 19.2 Å². The quantitative estimate of drug-likeness (QED) is 0.135. The van der Waals surface area contributed by atoms with Crippen molar-refractivity contribution in [2.45, 2.75) is 119 Å². The Morgan fingerprint density at radius 2 is 1.61 bits per heavy atom. The van der Waals surface area contributed by atoms with E-state index in [0.717, 1.165) is 23.2 Å². The van der Waals surface area contributed by atoms with Crippen molar-refractivity contribution in [2.24, 2.45) is 16.2 Å². The number of carbonyl (C=O) groups excluding carboxylic acids is 4. The van der Waals surface area contributed by atoms with Gasteiger partial charge in [-0.05, 0) is 92.0 Å². The lowest BCUT2D eigenvalue weighted by Crippen LogP contribution is -2.63. The van der Waals surface area contributed by atoms with Crippen LogP contribution in [-0.2, 0) is 19.1 Å². The summed E-state index contributed by atoms with van der Waals surface area (Å²) >= 11 is 0. The number of benzene rings is 2. The topological polar surface area (TPSA) is 152 Å². The highest BCUT2D eigenvalue weighted by atomic mass is 16.5. The first-order chi connectivity index (χ1) is 26.4. The standard InChI is InChI=1S/C44H61N5O7/c1-28(30-14-16-31(17-15-30)36-29(2)45-27-56-36)46-39(52)34-13-12-22-49(34)40(53)37(42(3,4)5)47-35(50)25-54-23-10-11-24-55-33-20-18-32(19-21-33)38(51)48-41-43(6,7)26-44(41,8)9/h14-21,27-28,34,37,41H,10-13,22-26H2,1-9H3,(H,46,52)(H,47,50)(H,48,51)/t28-,34-,37+/m0/s1. The molecule has 5 rings (SSSR count). The fourth-order valence-corrected chi connectivity index (χ4v) is 8.49. The van der Waals surface area contributed by atoms with Gasteiger partial charge in [-0.15, -0.1) is 0 Å². The Hall–Kier alpha value is -4.71. The summed E-state index contributed by atoms with van der Waals surface area (Å²) in [5.41, 5.74) is 2.80. The van der Waals surface area contributed by atoms with Crippen LogP contribution in [0.3, 0.4) is 0 Å². The van der Waals surface area contributed by atoms with Crippen LogP contribution in [0.1, 0.15) is 115 Å². The van der Waals surface area contributed by atoms with Crippen LogP contribution in [0.15, 0.2) is 59.3 Å². The molecule has 2 heterocycles. The van der Waals surface area contributed by atoms with E-state index in [2.05, 4.69) is 48.6 Å². The summed E-state index contributed by atoms with van der Waals surface area (Å²) in [6.07, 6.45) is 5.12. The number of amides is 4. The number of hydrogen-bond acceptors (Lipinski definition) is 8. The van der Waals surface area contributed by atoms with Crippen molar-refractivity contribution in [1.29, 1.82) is 0 Å². The normalized spacial score (nSPS) is 18.7. The lowest BCUT2D eigenvalue weighted by Gasteiger charge is -2.57. The summed E-state index contributed by atoms with van der Waals surface area (Å²) in [5, 5.41) is 9.18. The van der Waals surface area contributed by atoms with Gasteiger partial charge in [-0.25, -0.2) is 4.98 Å². The minimum atomic E-state index is -0.834. The summed E-state index contributed by atoms with van der Waals surface area (Å²) < 4.78 is 17.0. The van der Waals surface area contributed by atoms with Crippen LogP contribution < -0.4 is 20.7 Å². The maximum atomic E-state index is 13.9. The van der Waals surface area contributed by atoms with Crippen molar-refractivity contribution in [2.75, 3.05) is 26.4 Å². The minimum absolute atomic E-state index is 0.0753. The number of aromatic nitrogens is 1. The Morgan fingerprint density at radius 1 is 0.946 bits per heavy atom. The molecular weight excluding hydrogens is 711 g/mol. The molecule has 3 aromatic rings. The van der Waals surface area contributed by atoms with Gasteiger partial charge in [0, 0.05) is 30.3 Å². The Kier molecular flexibility index (Phi) is 13.3. The van der Waals surface area contributed by atoms with E-state index in [0.29, 0.717) is 62.5 Å². The molecule has 2 aliphatic rings. The molecule has 0 spiro atoms. The number of nitrogens with one attached hydrogen (secondary N) is 3. The molecule has 3 N–H and O–H groups in total. The van der Waals surface area contributed by atoms with Crippen LogP contribution >= 0.6 is 0 Å². The van der Waals surface area contributed by atoms with E-state index in [1.54, 1.807) is 29.2 Å². The number of rotatable bonds is 16. The van der Waals surface area contributed by atoms with Crippen LogP contribution in [-0.4, -0.2) is 78.0 Å². The van der Waals surface area contributed by atoms with Crippen molar-refractivity contribution >= 4 is 23.6 Å². The highest BCUT2D eigenvalue weighted by Gasteiger charge is 2.53. The summed E-state index contributed by atoms with van der Waals surface area (Å²) in [6, 6.07) is 13.3. The lowest BCUT2D eigenvalue weighted by atomic mass is 9.52. The monoisotopic (exact) mass is 771 g/mol. The first-order valence-corrected chi connectivity index (χ1v) is 19.9. The molecule has 1 aliphatic carbocycles. The number of ether oxygens (including phenoxy) is 2. The maximum absolute atomic E-state index is 13.9. The molecule has 12 nitrogen and oxygen atoms in total. The number of carbonyl (C=O) groups is 4. The van der Waals surface area contributed by atoms with Gasteiger partial charge in [0.1, 0.15) is 24.4 Å². The Bertz CT molecular complexity index is 1810. The van der Waals surface area contributed by atoms with Gasteiger partial charge in [0.25, 0.3) is 5.91 Å². The van der Waals surface area contributed by atoms with Crippen LogP contribution in [0.25, 0.3) is 11.3 Å². The van der Waals surface area contributed by atoms with Crippen molar-refractivity contribution in [1.82, 2.24) is 25.8 Å². The highest BCUT2D eigenvalue weighted by Crippen LogP contribution is 2.53.